The van der Waals surface area contributed by atoms with E-state index in [0.717, 1.165) is 72.5 Å². The number of carbonyl (C=O) groups excluding carboxylic acids is 1. The van der Waals surface area contributed by atoms with E-state index in [-0.39, 0.29) is 70.7 Å². The summed E-state index contributed by atoms with van der Waals surface area (Å²) >= 11 is 0. The van der Waals surface area contributed by atoms with E-state index >= 15 is 0 Å². The van der Waals surface area contributed by atoms with Crippen molar-refractivity contribution < 1.29 is 54.5 Å². The van der Waals surface area contributed by atoms with Crippen molar-refractivity contribution in [1.29, 1.82) is 0 Å². The minimum absolute atomic E-state index is 0. The molecule has 0 amide bonds. The third-order valence-corrected chi connectivity index (χ3v) is 17.7. The van der Waals surface area contributed by atoms with E-state index < -0.39 is 17.5 Å². The quantitative estimate of drug-likeness (QED) is 0.177. The number of carboxylic acids is 1. The number of rotatable bonds is 7. The summed E-state index contributed by atoms with van der Waals surface area (Å²) in [7, 11) is 0. The number of aromatic carboxylic acids is 1. The molecule has 2 N–H and O–H groups in total. The number of para-hydroxylation sites is 4. The summed E-state index contributed by atoms with van der Waals surface area (Å²) in [6, 6.07) is 19.0. The molecule has 6 atom stereocenters. The topological polar surface area (TPSA) is 170 Å². The van der Waals surface area contributed by atoms with E-state index in [1.165, 1.54) is 103 Å². The summed E-state index contributed by atoms with van der Waals surface area (Å²) in [4.78, 5) is 65.4. The third-order valence-electron chi connectivity index (χ3n) is 17.7. The maximum absolute atomic E-state index is 13.6. The number of carbonyl (C=O) groups is 2. The second-order valence-electron chi connectivity index (χ2n) is 20.9. The second kappa shape index (κ2) is 19.9. The van der Waals surface area contributed by atoms with Crippen LogP contribution in [0.15, 0.2) is 58.1 Å². The Morgan fingerprint density at radius 1 is 0.561 bits per heavy atom. The van der Waals surface area contributed by atoms with Crippen LogP contribution in [0.4, 0.5) is 0 Å². The summed E-state index contributed by atoms with van der Waals surface area (Å²) in [5, 5.41) is 9.58. The van der Waals surface area contributed by atoms with Crippen LogP contribution in [-0.2, 0) is 4.74 Å². The van der Waals surface area contributed by atoms with Crippen molar-refractivity contribution in [2.24, 2.45) is 23.7 Å². The van der Waals surface area contributed by atoms with Gasteiger partial charge in [0.1, 0.15) is 0 Å². The molecule has 2 unspecified atom stereocenters. The van der Waals surface area contributed by atoms with E-state index in [2.05, 4.69) is 19.8 Å². The van der Waals surface area contributed by atoms with Gasteiger partial charge in [0.2, 0.25) is 11.4 Å². The first-order valence-electron chi connectivity index (χ1n) is 25.2. The van der Waals surface area contributed by atoms with Gasteiger partial charge in [0.05, 0.1) is 28.7 Å². The van der Waals surface area contributed by atoms with Gasteiger partial charge in [0, 0.05) is 48.3 Å². The normalized spacial score (nSPS) is 33.5. The molecular formula is C52H67N6NaO7. The molecule has 6 heterocycles. The smallest absolute Gasteiger partial charge is 0.870 e. The minimum atomic E-state index is -1.24. The maximum atomic E-state index is 13.6. The van der Waals surface area contributed by atoms with Crippen molar-refractivity contribution in [3.8, 4) is 0 Å². The molecule has 4 aromatic rings. The summed E-state index contributed by atoms with van der Waals surface area (Å²) in [5.74, 6) is 1.61. The average molecular weight is 911 g/mol. The molecule has 2 aromatic heterocycles. The van der Waals surface area contributed by atoms with E-state index in [0.29, 0.717) is 35.2 Å². The molecule has 13 nitrogen and oxygen atoms in total. The Kier molecular flexibility index (Phi) is 14.3. The number of ether oxygens (including phenoxy) is 1. The van der Waals surface area contributed by atoms with Crippen molar-refractivity contribution in [2.75, 3.05) is 6.61 Å². The maximum Gasteiger partial charge on any atom is 1.00 e. The molecule has 14 heteroatoms. The van der Waals surface area contributed by atoms with Gasteiger partial charge in [-0.2, -0.15) is 0 Å². The molecule has 4 saturated carbocycles. The molecule has 8 bridgehead atoms. The average Bonchev–Trinajstić information content (AvgIpc) is 3.70. The van der Waals surface area contributed by atoms with Crippen LogP contribution in [0.1, 0.15) is 168 Å². The third kappa shape index (κ3) is 8.43. The SMILES string of the molecule is CCOC(=O)c1nc2ccccc2n(C2C[C@H]3CC[C@@H](C2)N3C2C3CCCC2CCC3)c1=O.O=C(O)c1nc2ccccc2n(C2C[C@H]3CC[C@@H](C2)N3C2C3CCCC2CCC3)c1=O.[Na+].[OH-]. The zero-order chi connectivity index (χ0) is 43.6. The number of benzene rings is 2. The standard InChI is InChI=1S/C27H35N3O3.C25H31N3O3.Na.H2O/c1-2-33-27(32)24-26(31)30(23-12-4-3-11-22(23)28-24)21-15-19-13-14-20(16-21)29(19)25-17-7-5-8-18(25)10-6-9-17;29-24-22(25(30)31)26-20-9-1-2-10-21(20)28(24)19-13-17-11-12-18(14-19)27(17)23-15-5-3-6-16(23)8-4-7-15;;/h3-4,11-12,17-21,25H,2,5-10,13-16H2,1H3;1-2,9-10,15-19,23H,3-8,11-14H2,(H,30,31);;1H2/q;;+1;/p-1/t17?,18?,19-,20+,21?,25?;15?,16?,17-,18+,19?,23?;;. The van der Waals surface area contributed by atoms with Crippen molar-refractivity contribution in [2.45, 2.75) is 184 Å². The fraction of sp³-hybridized carbons (Fsp3) is 0.654. The summed E-state index contributed by atoms with van der Waals surface area (Å²) in [6.45, 7) is 1.99. The molecule has 12 rings (SSSR count). The Morgan fingerprint density at radius 3 is 1.27 bits per heavy atom. The molecule has 4 saturated heterocycles. The van der Waals surface area contributed by atoms with Crippen molar-refractivity contribution in [1.82, 2.24) is 28.9 Å². The molecular weight excluding hydrogens is 844 g/mol. The second-order valence-corrected chi connectivity index (χ2v) is 20.9. The minimum Gasteiger partial charge on any atom is -0.870 e. The van der Waals surface area contributed by atoms with Crippen molar-refractivity contribution in [3.63, 3.8) is 0 Å². The molecule has 66 heavy (non-hydrogen) atoms. The first kappa shape index (κ1) is 47.6. The number of carboxylic acid groups (broad SMARTS) is 1. The van der Waals surface area contributed by atoms with Gasteiger partial charge >= 0.3 is 41.5 Å². The van der Waals surface area contributed by atoms with E-state index in [9.17, 15) is 24.3 Å². The van der Waals surface area contributed by atoms with Gasteiger partial charge in [-0.15, -0.1) is 0 Å². The van der Waals surface area contributed by atoms with Crippen LogP contribution in [0.3, 0.4) is 0 Å². The van der Waals surface area contributed by atoms with Crippen LogP contribution >= 0.6 is 0 Å². The number of hydrogen-bond acceptors (Lipinski definition) is 10. The van der Waals surface area contributed by atoms with Crippen LogP contribution in [0.25, 0.3) is 22.1 Å². The van der Waals surface area contributed by atoms with Crippen LogP contribution in [-0.4, -0.2) is 94.3 Å². The molecule has 8 fully saturated rings. The number of aromatic nitrogens is 4. The Morgan fingerprint density at radius 2 is 0.909 bits per heavy atom. The molecule has 2 aromatic carbocycles. The van der Waals surface area contributed by atoms with Gasteiger partial charge in [-0.1, -0.05) is 49.9 Å². The number of nitrogens with zero attached hydrogens (tertiary/aromatic N) is 6. The molecule has 0 radical (unpaired) electrons. The summed E-state index contributed by atoms with van der Waals surface area (Å²) in [6.07, 6.45) is 25.5. The zero-order valence-corrected chi connectivity index (χ0v) is 41.0. The predicted octanol–water partition coefficient (Wildman–Crippen LogP) is 5.77. The number of piperidine rings is 2. The Bertz CT molecular complexity index is 2480. The molecule has 8 aliphatic rings. The van der Waals surface area contributed by atoms with E-state index in [1.54, 1.807) is 11.5 Å². The zero-order valence-electron chi connectivity index (χ0n) is 39.0. The first-order valence-corrected chi connectivity index (χ1v) is 25.2. The fourth-order valence-electron chi connectivity index (χ4n) is 15.5. The molecule has 348 valence electrons. The molecule has 0 spiro atoms. The molecule has 4 aliphatic heterocycles. The van der Waals surface area contributed by atoms with Crippen LogP contribution in [0.2, 0.25) is 0 Å². The van der Waals surface area contributed by atoms with E-state index in [4.69, 9.17) is 4.74 Å². The van der Waals surface area contributed by atoms with Gasteiger partial charge in [-0.05, 0) is 158 Å². The van der Waals surface area contributed by atoms with Crippen LogP contribution < -0.4 is 40.7 Å². The fourth-order valence-corrected chi connectivity index (χ4v) is 15.5. The Balaban J connectivity index is 0.000000161. The van der Waals surface area contributed by atoms with Gasteiger partial charge in [-0.3, -0.25) is 19.4 Å². The number of fused-ring (bicyclic) bond motifs is 12. The number of hydrogen-bond donors (Lipinski definition) is 1. The van der Waals surface area contributed by atoms with E-state index in [1.807, 2.05) is 53.1 Å². The van der Waals surface area contributed by atoms with Gasteiger partial charge in [0.15, 0.2) is 0 Å². The van der Waals surface area contributed by atoms with Gasteiger partial charge < -0.3 is 24.5 Å². The van der Waals surface area contributed by atoms with Crippen molar-refractivity contribution >= 4 is 34.0 Å². The largest absolute Gasteiger partial charge is 1.00 e. The summed E-state index contributed by atoms with van der Waals surface area (Å²) < 4.78 is 8.83. The van der Waals surface area contributed by atoms with Gasteiger partial charge in [0.25, 0.3) is 11.1 Å². The first-order chi connectivity index (χ1) is 31.3. The summed E-state index contributed by atoms with van der Waals surface area (Å²) in [5.41, 5.74) is 1.72. The van der Waals surface area contributed by atoms with Gasteiger partial charge in [-0.25, -0.2) is 19.6 Å². The van der Waals surface area contributed by atoms with Crippen LogP contribution in [0, 0.1) is 23.7 Å². The molecule has 4 aliphatic carbocycles. The Hall–Kier alpha value is -3.46. The predicted molar refractivity (Wildman–Crippen MR) is 248 cm³/mol. The van der Waals surface area contributed by atoms with Crippen LogP contribution in [0.5, 0.6) is 0 Å². The van der Waals surface area contributed by atoms with Crippen molar-refractivity contribution in [3.05, 3.63) is 80.6 Å². The Labute approximate surface area is 409 Å². The number of esters is 1. The monoisotopic (exact) mass is 910 g/mol.